The van der Waals surface area contributed by atoms with Crippen molar-refractivity contribution in [2.24, 2.45) is 0 Å². The number of aliphatic hydroxyl groups excluding tert-OH is 1. The number of pyridine rings is 1. The quantitative estimate of drug-likeness (QED) is 0.244. The Bertz CT molecular complexity index is 1430. The van der Waals surface area contributed by atoms with Crippen molar-refractivity contribution in [2.75, 3.05) is 13.6 Å². The highest BCUT2D eigenvalue weighted by Gasteiger charge is 2.23. The minimum atomic E-state index is -0.848. The van der Waals surface area contributed by atoms with Gasteiger partial charge in [0.25, 0.3) is 11.8 Å². The molecular weight excluding hydrogens is 522 g/mol. The molecule has 9 heteroatoms. The second-order valence-electron chi connectivity index (χ2n) is 9.96. The first-order chi connectivity index (χ1) is 19.3. The van der Waals surface area contributed by atoms with Gasteiger partial charge in [-0.3, -0.25) is 14.6 Å². The molecule has 4 aromatic rings. The molecule has 0 aliphatic rings. The van der Waals surface area contributed by atoms with E-state index in [-0.39, 0.29) is 18.4 Å². The van der Waals surface area contributed by atoms with E-state index in [9.17, 15) is 14.7 Å². The molecule has 2 amide bonds. The molecule has 208 valence electrons. The van der Waals surface area contributed by atoms with E-state index < -0.39 is 12.1 Å². The molecule has 0 saturated carbocycles. The van der Waals surface area contributed by atoms with Crippen LogP contribution in [0.5, 0.6) is 0 Å². The van der Waals surface area contributed by atoms with Crippen LogP contribution in [-0.2, 0) is 19.5 Å². The number of hydrogen-bond acceptors (Lipinski definition) is 7. The average molecular weight is 558 g/mol. The van der Waals surface area contributed by atoms with Crippen LogP contribution in [0.15, 0.2) is 78.4 Å². The molecule has 0 radical (unpaired) electrons. The van der Waals surface area contributed by atoms with Crippen LogP contribution in [0.4, 0.5) is 0 Å². The van der Waals surface area contributed by atoms with E-state index in [2.05, 4.69) is 20.6 Å². The van der Waals surface area contributed by atoms with E-state index in [0.717, 1.165) is 27.4 Å². The molecule has 2 heterocycles. The molecule has 0 unspecified atom stereocenters. The summed E-state index contributed by atoms with van der Waals surface area (Å²) in [7, 11) is 1.72. The number of thiazole rings is 1. The number of aromatic nitrogens is 2. The summed E-state index contributed by atoms with van der Waals surface area (Å²) in [5, 5.41) is 20.2. The largest absolute Gasteiger partial charge is 0.390 e. The number of hydrogen-bond donors (Lipinski definition) is 3. The summed E-state index contributed by atoms with van der Waals surface area (Å²) < 4.78 is 0. The van der Waals surface area contributed by atoms with Crippen molar-refractivity contribution in [1.29, 1.82) is 0 Å². The highest BCUT2D eigenvalue weighted by atomic mass is 32.1. The van der Waals surface area contributed by atoms with Gasteiger partial charge in [-0.1, -0.05) is 42.5 Å². The Labute approximate surface area is 239 Å². The lowest BCUT2D eigenvalue weighted by molar-refractivity contribution is 0.0784. The lowest BCUT2D eigenvalue weighted by atomic mass is 10.00. The van der Waals surface area contributed by atoms with Gasteiger partial charge < -0.3 is 20.6 Å². The zero-order valence-corrected chi connectivity index (χ0v) is 23.8. The van der Waals surface area contributed by atoms with Gasteiger partial charge in [0.2, 0.25) is 0 Å². The Morgan fingerprint density at radius 1 is 1.00 bits per heavy atom. The molecule has 4 rings (SSSR count). The number of nitrogens with one attached hydrogen (secondary N) is 2. The smallest absolute Gasteiger partial charge is 0.253 e. The molecule has 2 atom stereocenters. The second kappa shape index (κ2) is 13.9. The predicted octanol–water partition coefficient (Wildman–Crippen LogP) is 3.92. The molecule has 0 fully saturated rings. The molecule has 3 N–H and O–H groups in total. The molecule has 0 bridgehead atoms. The molecule has 0 aliphatic carbocycles. The molecule has 8 nitrogen and oxygen atoms in total. The topological polar surface area (TPSA) is 107 Å². The van der Waals surface area contributed by atoms with E-state index in [1.54, 1.807) is 48.6 Å². The number of amides is 2. The third kappa shape index (κ3) is 8.29. The Balaban J connectivity index is 1.42. The molecule has 0 saturated heterocycles. The van der Waals surface area contributed by atoms with Crippen LogP contribution in [0.3, 0.4) is 0 Å². The summed E-state index contributed by atoms with van der Waals surface area (Å²) in [6.45, 7) is 5.13. The van der Waals surface area contributed by atoms with E-state index in [0.29, 0.717) is 30.6 Å². The Morgan fingerprint density at radius 3 is 2.50 bits per heavy atom. The Kier molecular flexibility index (Phi) is 10.1. The number of rotatable bonds is 12. The van der Waals surface area contributed by atoms with E-state index in [4.69, 9.17) is 0 Å². The van der Waals surface area contributed by atoms with Crippen molar-refractivity contribution in [3.63, 3.8) is 0 Å². The van der Waals surface area contributed by atoms with Crippen molar-refractivity contribution >= 4 is 23.2 Å². The summed E-state index contributed by atoms with van der Waals surface area (Å²) in [5.41, 5.74) is 4.78. The fourth-order valence-corrected chi connectivity index (χ4v) is 5.21. The van der Waals surface area contributed by atoms with Crippen LogP contribution in [-0.4, -0.2) is 57.5 Å². The first kappa shape index (κ1) is 29.1. The zero-order chi connectivity index (χ0) is 28.5. The van der Waals surface area contributed by atoms with Crippen LogP contribution in [0.25, 0.3) is 0 Å². The van der Waals surface area contributed by atoms with Gasteiger partial charge in [-0.2, -0.15) is 0 Å². The number of benzene rings is 2. The van der Waals surface area contributed by atoms with Crippen LogP contribution >= 0.6 is 11.3 Å². The van der Waals surface area contributed by atoms with E-state index in [1.165, 1.54) is 11.3 Å². The van der Waals surface area contributed by atoms with Crippen LogP contribution < -0.4 is 10.6 Å². The second-order valence-corrected chi connectivity index (χ2v) is 10.9. The van der Waals surface area contributed by atoms with Crippen molar-refractivity contribution in [3.05, 3.63) is 117 Å². The zero-order valence-electron chi connectivity index (χ0n) is 23.0. The van der Waals surface area contributed by atoms with Crippen molar-refractivity contribution in [2.45, 2.75) is 45.5 Å². The van der Waals surface area contributed by atoms with Crippen LogP contribution in [0, 0.1) is 13.8 Å². The first-order valence-corrected chi connectivity index (χ1v) is 14.1. The van der Waals surface area contributed by atoms with Gasteiger partial charge in [0.05, 0.1) is 18.7 Å². The van der Waals surface area contributed by atoms with Gasteiger partial charge >= 0.3 is 0 Å². The standard InChI is InChI=1S/C31H35N5O3S/c1-21-12-24(16-32-15-21)17-33-18-28(37)27(13-23-8-5-4-6-9-23)35-30(38)25-10-7-11-26(14-25)31(39)36(3)19-29-34-22(2)20-40-29/h4-12,14-16,20,27-28,33,37H,13,17-19H2,1-3H3,(H,35,38)/t27-,28+/m0/s1. The third-order valence-corrected chi connectivity index (χ3v) is 7.40. The monoisotopic (exact) mass is 557 g/mol. The molecule has 0 aliphatic heterocycles. The number of aryl methyl sites for hydroxylation is 2. The van der Waals surface area contributed by atoms with E-state index >= 15 is 0 Å². The lowest BCUT2D eigenvalue weighted by Crippen LogP contribution is -2.48. The van der Waals surface area contributed by atoms with Crippen molar-refractivity contribution in [1.82, 2.24) is 25.5 Å². The Hall–Kier alpha value is -3.92. The van der Waals surface area contributed by atoms with Gasteiger partial charge in [-0.25, -0.2) is 4.98 Å². The summed E-state index contributed by atoms with van der Waals surface area (Å²) in [6, 6.07) is 17.9. The van der Waals surface area contributed by atoms with Crippen LogP contribution in [0.2, 0.25) is 0 Å². The van der Waals surface area contributed by atoms with Gasteiger partial charge in [0, 0.05) is 54.7 Å². The number of carbonyl (C=O) groups is 2. The van der Waals surface area contributed by atoms with Gasteiger partial charge in [-0.15, -0.1) is 11.3 Å². The molecular formula is C31H35N5O3S. The normalized spacial score (nSPS) is 12.5. The summed E-state index contributed by atoms with van der Waals surface area (Å²) in [6.07, 6.45) is 3.20. The maximum atomic E-state index is 13.3. The lowest BCUT2D eigenvalue weighted by Gasteiger charge is -2.25. The van der Waals surface area contributed by atoms with Gasteiger partial charge in [0.1, 0.15) is 5.01 Å². The number of aliphatic hydroxyl groups is 1. The predicted molar refractivity (Wildman–Crippen MR) is 157 cm³/mol. The SMILES string of the molecule is Cc1cncc(CNC[C@@H](O)[C@H](Cc2ccccc2)NC(=O)c2cccc(C(=O)N(C)Cc3nc(C)cs3)c2)c1. The molecule has 2 aromatic carbocycles. The maximum Gasteiger partial charge on any atom is 0.253 e. The minimum Gasteiger partial charge on any atom is -0.390 e. The summed E-state index contributed by atoms with van der Waals surface area (Å²) in [5.74, 6) is -0.547. The fourth-order valence-electron chi connectivity index (χ4n) is 4.39. The average Bonchev–Trinajstić information content (AvgIpc) is 3.37. The number of carbonyl (C=O) groups excluding carboxylic acids is 2. The summed E-state index contributed by atoms with van der Waals surface area (Å²) >= 11 is 1.51. The minimum absolute atomic E-state index is 0.196. The van der Waals surface area contributed by atoms with Crippen LogP contribution in [0.1, 0.15) is 48.1 Å². The maximum absolute atomic E-state index is 13.3. The fraction of sp³-hybridized carbons (Fsp3) is 0.290. The molecule has 40 heavy (non-hydrogen) atoms. The molecule has 2 aromatic heterocycles. The summed E-state index contributed by atoms with van der Waals surface area (Å²) in [4.78, 5) is 36.6. The Morgan fingerprint density at radius 2 is 1.77 bits per heavy atom. The van der Waals surface area contributed by atoms with Crippen molar-refractivity contribution < 1.29 is 14.7 Å². The highest BCUT2D eigenvalue weighted by Crippen LogP contribution is 2.15. The van der Waals surface area contributed by atoms with Crippen molar-refractivity contribution in [3.8, 4) is 0 Å². The van der Waals surface area contributed by atoms with Gasteiger partial charge in [0.15, 0.2) is 0 Å². The highest BCUT2D eigenvalue weighted by molar-refractivity contribution is 7.09. The third-order valence-electron chi connectivity index (χ3n) is 6.45. The van der Waals surface area contributed by atoms with Gasteiger partial charge in [-0.05, 0) is 55.2 Å². The van der Waals surface area contributed by atoms with E-state index in [1.807, 2.05) is 55.6 Å². The number of nitrogens with zero attached hydrogens (tertiary/aromatic N) is 3. The molecule has 0 spiro atoms. The first-order valence-electron chi connectivity index (χ1n) is 13.2.